The number of ether oxygens (including phenoxy) is 2. The molecule has 1 saturated heterocycles. The maximum absolute atomic E-state index is 14.7. The van der Waals surface area contributed by atoms with Gasteiger partial charge in [-0.05, 0) is 68.0 Å². The Bertz CT molecular complexity index is 2770. The maximum Gasteiger partial charge on any atom is 0.356 e. The Balaban J connectivity index is 1.12. The van der Waals surface area contributed by atoms with Crippen molar-refractivity contribution in [3.8, 4) is 0 Å². The molecule has 1 unspecified atom stereocenters. The van der Waals surface area contributed by atoms with Crippen LogP contribution in [0.1, 0.15) is 74.2 Å². The lowest BCUT2D eigenvalue weighted by Gasteiger charge is -2.49. The average Bonchev–Trinajstić information content (AvgIpc) is 3.84. The van der Waals surface area contributed by atoms with E-state index in [9.17, 15) is 19.2 Å². The van der Waals surface area contributed by atoms with Gasteiger partial charge in [0.2, 0.25) is 5.60 Å². The van der Waals surface area contributed by atoms with E-state index in [1.165, 1.54) is 41.8 Å². The van der Waals surface area contributed by atoms with Crippen LogP contribution in [-0.4, -0.2) is 72.1 Å². The van der Waals surface area contributed by atoms with Gasteiger partial charge in [0.25, 0.3) is 11.8 Å². The molecule has 1 fully saturated rings. The number of alkyl halides is 1. The number of nitrogens with zero attached hydrogens (tertiary/aromatic N) is 3. The number of fused-ring (bicyclic) bond motifs is 1. The molecule has 358 valence electrons. The van der Waals surface area contributed by atoms with Crippen LogP contribution in [0.25, 0.3) is 0 Å². The van der Waals surface area contributed by atoms with E-state index in [2.05, 4.69) is 38.4 Å². The minimum Gasteiger partial charge on any atom is -0.457 e. The van der Waals surface area contributed by atoms with Crippen molar-refractivity contribution in [3.63, 3.8) is 0 Å². The van der Waals surface area contributed by atoms with E-state index in [0.717, 1.165) is 27.8 Å². The van der Waals surface area contributed by atoms with Crippen LogP contribution in [0.15, 0.2) is 186 Å². The van der Waals surface area contributed by atoms with Crippen LogP contribution in [0.4, 0.5) is 5.13 Å². The molecule has 1 aromatic heterocycles. The summed E-state index contributed by atoms with van der Waals surface area (Å²) in [5, 5.41) is 12.4. The van der Waals surface area contributed by atoms with Crippen molar-refractivity contribution in [2.24, 2.45) is 5.16 Å². The molecule has 2 aliphatic rings. The first-order valence-corrected chi connectivity index (χ1v) is 26.1. The van der Waals surface area contributed by atoms with Gasteiger partial charge in [0.15, 0.2) is 16.9 Å². The smallest absolute Gasteiger partial charge is 0.356 e. The number of hydrogen-bond acceptors (Lipinski definition) is 12. The molecule has 2 atom stereocenters. The third kappa shape index (κ3) is 10.9. The number of benzene rings is 5. The second kappa shape index (κ2) is 21.6. The summed E-state index contributed by atoms with van der Waals surface area (Å²) in [6.07, 6.45) is 3.01. The van der Waals surface area contributed by atoms with Crippen molar-refractivity contribution in [1.82, 2.24) is 15.2 Å². The molecule has 5 aromatic carbocycles. The number of amides is 2. The van der Waals surface area contributed by atoms with Crippen LogP contribution >= 0.6 is 45.7 Å². The molecule has 2 amide bonds. The Kier molecular flexibility index (Phi) is 15.4. The number of anilines is 1. The minimum absolute atomic E-state index is 0.113. The number of rotatable bonds is 17. The van der Waals surface area contributed by atoms with E-state index in [4.69, 9.17) is 19.3 Å². The molecule has 6 aromatic rings. The molecule has 15 heteroatoms. The van der Waals surface area contributed by atoms with Crippen LogP contribution in [-0.2, 0) is 39.0 Å². The number of carbonyl (C=O) groups excluding carboxylic acids is 4. The number of thiazole rings is 1. The van der Waals surface area contributed by atoms with Gasteiger partial charge < -0.3 is 24.9 Å². The standard InChI is InChI=1S/C55H52IN5O7S2/c1-53(2,3)67-51(65)54(4,5)68-60-43(42-35-70-52(57-42)59-55(39-27-15-8-16-28-39,40-29-17-9-18-30-40)41-31-19-10-20-32-41)47(62)58-44-48(63)61-45(38(26-21-33-56)34-69-49(44)61)50(64)66-46(36-22-11-6-12-23-36)37-24-13-7-14-25-37/h6-32,35,44,46,49H,33-34H2,1-5H3,(H,57,59)(H,58,62)/b26-21?,60-43-/t44?,49-/m1/s1. The molecule has 0 spiro atoms. The first-order valence-electron chi connectivity index (χ1n) is 22.6. The molecule has 0 bridgehead atoms. The summed E-state index contributed by atoms with van der Waals surface area (Å²) in [6.45, 7) is 8.20. The quantitative estimate of drug-likeness (QED) is 0.0172. The first-order chi connectivity index (χ1) is 33.7. The minimum atomic E-state index is -1.64. The van der Waals surface area contributed by atoms with E-state index in [0.29, 0.717) is 20.9 Å². The molecule has 70 heavy (non-hydrogen) atoms. The fourth-order valence-corrected chi connectivity index (χ4v) is 10.4. The van der Waals surface area contributed by atoms with Crippen molar-refractivity contribution in [1.29, 1.82) is 0 Å². The predicted molar refractivity (Wildman–Crippen MR) is 283 cm³/mol. The summed E-state index contributed by atoms with van der Waals surface area (Å²) in [6, 6.07) is 47.8. The lowest BCUT2D eigenvalue weighted by molar-refractivity contribution is -0.179. The van der Waals surface area contributed by atoms with E-state index >= 15 is 0 Å². The van der Waals surface area contributed by atoms with Crippen molar-refractivity contribution in [2.45, 2.75) is 68.9 Å². The van der Waals surface area contributed by atoms with Crippen LogP contribution < -0.4 is 10.6 Å². The molecule has 2 aliphatic heterocycles. The zero-order chi connectivity index (χ0) is 49.5. The molecule has 3 heterocycles. The zero-order valence-electron chi connectivity index (χ0n) is 39.2. The topological polar surface area (TPSA) is 149 Å². The lowest BCUT2D eigenvalue weighted by Crippen LogP contribution is -2.71. The van der Waals surface area contributed by atoms with Gasteiger partial charge in [-0.25, -0.2) is 14.6 Å². The normalized spacial score (nSPS) is 16.4. The molecule has 0 radical (unpaired) electrons. The van der Waals surface area contributed by atoms with Gasteiger partial charge >= 0.3 is 11.9 Å². The zero-order valence-corrected chi connectivity index (χ0v) is 43.0. The third-order valence-electron chi connectivity index (χ3n) is 11.4. The summed E-state index contributed by atoms with van der Waals surface area (Å²) in [5.41, 5.74) is 1.53. The number of halogens is 1. The fourth-order valence-electron chi connectivity index (χ4n) is 8.09. The van der Waals surface area contributed by atoms with Gasteiger partial charge in [0, 0.05) is 15.6 Å². The summed E-state index contributed by atoms with van der Waals surface area (Å²) in [4.78, 5) is 69.2. The lowest BCUT2D eigenvalue weighted by atomic mass is 9.77. The molecular weight excluding hydrogens is 1030 g/mol. The number of oxime groups is 1. The second-order valence-electron chi connectivity index (χ2n) is 18.0. The van der Waals surface area contributed by atoms with Gasteiger partial charge in [-0.15, -0.1) is 23.1 Å². The maximum atomic E-state index is 14.7. The van der Waals surface area contributed by atoms with E-state index in [1.54, 1.807) is 26.2 Å². The summed E-state index contributed by atoms with van der Waals surface area (Å²) in [5.74, 6) is -2.31. The number of aromatic nitrogens is 1. The Morgan fingerprint density at radius 2 is 1.31 bits per heavy atom. The molecule has 8 rings (SSSR count). The Hall–Kier alpha value is -6.56. The molecule has 2 N–H and O–H groups in total. The summed E-state index contributed by atoms with van der Waals surface area (Å²) in [7, 11) is 0. The number of nitrogens with one attached hydrogen (secondary N) is 2. The highest BCUT2D eigenvalue weighted by atomic mass is 127. The highest BCUT2D eigenvalue weighted by Gasteiger charge is 2.55. The molecule has 0 saturated carbocycles. The van der Waals surface area contributed by atoms with E-state index in [1.807, 2.05) is 164 Å². The van der Waals surface area contributed by atoms with Gasteiger partial charge in [0.05, 0.1) is 0 Å². The van der Waals surface area contributed by atoms with Crippen LogP contribution in [0.2, 0.25) is 0 Å². The van der Waals surface area contributed by atoms with Crippen molar-refractivity contribution < 1.29 is 33.5 Å². The van der Waals surface area contributed by atoms with Crippen LogP contribution in [0, 0.1) is 0 Å². The average molecular weight is 1090 g/mol. The third-order valence-corrected chi connectivity index (χ3v) is 14.0. The monoisotopic (exact) mass is 1090 g/mol. The van der Waals surface area contributed by atoms with E-state index < -0.39 is 58.0 Å². The summed E-state index contributed by atoms with van der Waals surface area (Å²) >= 11 is 4.88. The number of β-lactam (4-membered cyclic amide) rings is 1. The molecular formula is C55H52IN5O7S2. The summed E-state index contributed by atoms with van der Waals surface area (Å²) < 4.78 is 12.6. The van der Waals surface area contributed by atoms with E-state index in [-0.39, 0.29) is 17.1 Å². The SMILES string of the molecule is CC(C)(C)OC(=O)C(C)(C)O/N=C(\C(=O)NC1C(=O)N2C(C(=O)OC(c3ccccc3)c3ccccc3)=C(C=CCI)CS[C@H]12)c1csc(NC(c2ccccc2)(c2ccccc2)c2ccccc2)n1. The number of thioether (sulfide) groups is 1. The number of hydrogen-bond donors (Lipinski definition) is 2. The van der Waals surface area contributed by atoms with Crippen molar-refractivity contribution in [2.75, 3.05) is 15.5 Å². The van der Waals surface area contributed by atoms with Gasteiger partial charge in [0.1, 0.15) is 33.9 Å². The van der Waals surface area contributed by atoms with Crippen LogP contribution in [0.3, 0.4) is 0 Å². The molecule has 12 nitrogen and oxygen atoms in total. The van der Waals surface area contributed by atoms with Gasteiger partial charge in [-0.2, -0.15) is 0 Å². The second-order valence-corrected chi connectivity index (χ2v) is 20.8. The Morgan fingerprint density at radius 3 is 1.81 bits per heavy atom. The highest BCUT2D eigenvalue weighted by molar-refractivity contribution is 14.1. The molecule has 0 aliphatic carbocycles. The first kappa shape index (κ1) is 49.8. The number of allylic oxidation sites excluding steroid dienone is 2. The predicted octanol–water partition coefficient (Wildman–Crippen LogP) is 10.4. The van der Waals surface area contributed by atoms with Gasteiger partial charge in [-0.1, -0.05) is 192 Å². The Labute approximate surface area is 429 Å². The van der Waals surface area contributed by atoms with Crippen LogP contribution in [0.5, 0.6) is 0 Å². The van der Waals surface area contributed by atoms with Gasteiger partial charge in [-0.3, -0.25) is 14.5 Å². The fraction of sp³-hybridized carbons (Fsp3) is 0.236. The highest BCUT2D eigenvalue weighted by Crippen LogP contribution is 2.43. The largest absolute Gasteiger partial charge is 0.457 e. The number of esters is 2. The van der Waals surface area contributed by atoms with Crippen molar-refractivity contribution in [3.05, 3.63) is 214 Å². The number of carbonyl (C=O) groups is 4. The Morgan fingerprint density at radius 1 is 0.800 bits per heavy atom. The van der Waals surface area contributed by atoms with Crippen molar-refractivity contribution >= 4 is 80.3 Å².